The maximum atomic E-state index is 11.4. The molecule has 0 aliphatic carbocycles. The van der Waals surface area contributed by atoms with Gasteiger partial charge in [-0.15, -0.1) is 0 Å². The molecule has 1 heterocycles. The molecule has 3 rings (SSSR count). The Labute approximate surface area is 172 Å². The average Bonchev–Trinajstić information content (AvgIpc) is 2.77. The zero-order chi connectivity index (χ0) is 22.0. The van der Waals surface area contributed by atoms with Crippen molar-refractivity contribution in [2.24, 2.45) is 0 Å². The lowest BCUT2D eigenvalue weighted by molar-refractivity contribution is -0.232. The van der Waals surface area contributed by atoms with Crippen LogP contribution in [0.3, 0.4) is 0 Å². The zero-order valence-electron chi connectivity index (χ0n) is 16.4. The molecule has 0 amide bonds. The monoisotopic (exact) mass is 420 g/mol. The van der Waals surface area contributed by atoms with Crippen molar-refractivity contribution in [1.29, 1.82) is 0 Å². The molecule has 162 valence electrons. The summed E-state index contributed by atoms with van der Waals surface area (Å²) in [5.41, 5.74) is 1.47. The third kappa shape index (κ3) is 3.98. The normalized spacial score (nSPS) is 26.3. The molecule has 2 aromatic rings. The molecule has 5 N–H and O–H groups in total. The van der Waals surface area contributed by atoms with E-state index in [9.17, 15) is 30.3 Å². The summed E-state index contributed by atoms with van der Waals surface area (Å²) in [5.74, 6) is -0.407. The Hall–Kier alpha value is -2.69. The van der Waals surface area contributed by atoms with Crippen LogP contribution in [-0.4, -0.2) is 76.7 Å². The van der Waals surface area contributed by atoms with Gasteiger partial charge in [-0.1, -0.05) is 12.1 Å². The van der Waals surface area contributed by atoms with Crippen molar-refractivity contribution in [2.45, 2.75) is 30.5 Å². The molecule has 0 unspecified atom stereocenters. The summed E-state index contributed by atoms with van der Waals surface area (Å²) in [5, 5.41) is 49.5. The van der Waals surface area contributed by atoms with Crippen molar-refractivity contribution in [3.05, 3.63) is 47.5 Å². The number of aliphatic hydroxyl groups excluding tert-OH is 4. The number of carbonyl (C=O) groups is 1. The molecule has 0 aromatic heterocycles. The highest BCUT2D eigenvalue weighted by atomic mass is 16.5. The van der Waals surface area contributed by atoms with E-state index in [0.717, 1.165) is 0 Å². The van der Waals surface area contributed by atoms with Crippen LogP contribution in [0.4, 0.5) is 0 Å². The Morgan fingerprint density at radius 3 is 2.30 bits per heavy atom. The maximum absolute atomic E-state index is 11.4. The van der Waals surface area contributed by atoms with E-state index in [1.807, 2.05) is 0 Å². The first-order valence-electron chi connectivity index (χ1n) is 9.22. The average molecular weight is 420 g/mol. The highest BCUT2D eigenvalue weighted by molar-refractivity contribution is 5.90. The molecule has 0 radical (unpaired) electrons. The minimum Gasteiger partial charge on any atom is -0.496 e. The van der Waals surface area contributed by atoms with Crippen LogP contribution in [0, 0.1) is 0 Å². The standard InChI is InChI=1S/C21H24O9/c1-28-14-8-15(29-2)13(20-19(25)18(24)17(23)16(9-22)30-20)7-12(14)10-4-3-5-11(6-10)21(26)27/h3-8,16-20,22-25H,9H2,1-2H3,(H,26,27)/t16-,17+,18+,19-,20+/m1/s1. The molecule has 9 heteroatoms. The smallest absolute Gasteiger partial charge is 0.335 e. The Morgan fingerprint density at radius 2 is 1.70 bits per heavy atom. The minimum atomic E-state index is -1.55. The van der Waals surface area contributed by atoms with Crippen molar-refractivity contribution >= 4 is 5.97 Å². The van der Waals surface area contributed by atoms with Gasteiger partial charge < -0.3 is 39.7 Å². The van der Waals surface area contributed by atoms with Crippen LogP contribution in [0.5, 0.6) is 11.5 Å². The number of ether oxygens (including phenoxy) is 3. The van der Waals surface area contributed by atoms with Gasteiger partial charge in [-0.25, -0.2) is 4.79 Å². The fourth-order valence-corrected chi connectivity index (χ4v) is 3.55. The van der Waals surface area contributed by atoms with Crippen LogP contribution >= 0.6 is 0 Å². The van der Waals surface area contributed by atoms with Gasteiger partial charge in [-0.2, -0.15) is 0 Å². The van der Waals surface area contributed by atoms with Gasteiger partial charge in [0.1, 0.15) is 42.0 Å². The fraction of sp³-hybridized carbons (Fsp3) is 0.381. The van der Waals surface area contributed by atoms with E-state index in [1.54, 1.807) is 24.3 Å². The van der Waals surface area contributed by atoms with E-state index in [-0.39, 0.29) is 11.3 Å². The third-order valence-electron chi connectivity index (χ3n) is 5.17. The number of carboxylic acids is 1. The van der Waals surface area contributed by atoms with Gasteiger partial charge in [0.25, 0.3) is 0 Å². The predicted molar refractivity (Wildman–Crippen MR) is 105 cm³/mol. The molecule has 1 aliphatic rings. The molecule has 1 aliphatic heterocycles. The lowest BCUT2D eigenvalue weighted by atomic mass is 9.89. The summed E-state index contributed by atoms with van der Waals surface area (Å²) >= 11 is 0. The van der Waals surface area contributed by atoms with Crippen molar-refractivity contribution < 1.29 is 44.5 Å². The van der Waals surface area contributed by atoms with E-state index in [0.29, 0.717) is 22.4 Å². The largest absolute Gasteiger partial charge is 0.496 e. The molecule has 0 saturated carbocycles. The first-order chi connectivity index (χ1) is 14.3. The number of aliphatic hydroxyl groups is 4. The molecule has 9 nitrogen and oxygen atoms in total. The van der Waals surface area contributed by atoms with Crippen LogP contribution in [0.1, 0.15) is 22.0 Å². The number of aromatic carboxylic acids is 1. The fourth-order valence-electron chi connectivity index (χ4n) is 3.55. The number of methoxy groups -OCH3 is 2. The quantitative estimate of drug-likeness (QED) is 0.453. The number of benzene rings is 2. The highest BCUT2D eigenvalue weighted by Crippen LogP contribution is 2.43. The summed E-state index contributed by atoms with van der Waals surface area (Å²) in [6, 6.07) is 9.39. The molecule has 5 atom stereocenters. The van der Waals surface area contributed by atoms with Crippen molar-refractivity contribution in [3.8, 4) is 22.6 Å². The Balaban J connectivity index is 2.14. The molecule has 0 bridgehead atoms. The Bertz CT molecular complexity index is 911. The van der Waals surface area contributed by atoms with Gasteiger partial charge in [0.15, 0.2) is 0 Å². The molecule has 2 aromatic carbocycles. The second-order valence-corrected chi connectivity index (χ2v) is 6.93. The van der Waals surface area contributed by atoms with Gasteiger partial charge in [0.05, 0.1) is 26.4 Å². The van der Waals surface area contributed by atoms with Crippen LogP contribution in [-0.2, 0) is 4.74 Å². The van der Waals surface area contributed by atoms with Crippen LogP contribution in [0.15, 0.2) is 36.4 Å². The van der Waals surface area contributed by atoms with E-state index >= 15 is 0 Å². The maximum Gasteiger partial charge on any atom is 0.335 e. The summed E-state index contributed by atoms with van der Waals surface area (Å²) in [4.78, 5) is 11.4. The topological polar surface area (TPSA) is 146 Å². The molecule has 0 spiro atoms. The van der Waals surface area contributed by atoms with Gasteiger partial charge in [-0.05, 0) is 23.8 Å². The van der Waals surface area contributed by atoms with E-state index < -0.39 is 43.1 Å². The van der Waals surface area contributed by atoms with Gasteiger partial charge in [-0.3, -0.25) is 0 Å². The molecule has 1 fully saturated rings. The van der Waals surface area contributed by atoms with Crippen LogP contribution in [0.2, 0.25) is 0 Å². The van der Waals surface area contributed by atoms with Gasteiger partial charge in [0.2, 0.25) is 0 Å². The SMILES string of the molecule is COc1cc(OC)c([C@@H]2O[C@H](CO)[C@H](O)[C@H](O)[C@H]2O)cc1-c1cccc(C(=O)O)c1. The van der Waals surface area contributed by atoms with Crippen molar-refractivity contribution in [1.82, 2.24) is 0 Å². The van der Waals surface area contributed by atoms with Gasteiger partial charge >= 0.3 is 5.97 Å². The van der Waals surface area contributed by atoms with E-state index in [4.69, 9.17) is 14.2 Å². The summed E-state index contributed by atoms with van der Waals surface area (Å²) in [6.45, 7) is -0.562. The number of rotatable bonds is 6. The van der Waals surface area contributed by atoms with E-state index in [2.05, 4.69) is 0 Å². The van der Waals surface area contributed by atoms with Crippen molar-refractivity contribution in [3.63, 3.8) is 0 Å². The first kappa shape index (κ1) is 22.0. The zero-order valence-corrected chi connectivity index (χ0v) is 16.4. The summed E-state index contributed by atoms with van der Waals surface area (Å²) in [6.07, 6.45) is -6.74. The lowest BCUT2D eigenvalue weighted by Crippen LogP contribution is -2.55. The van der Waals surface area contributed by atoms with Crippen LogP contribution < -0.4 is 9.47 Å². The molecular formula is C21H24O9. The van der Waals surface area contributed by atoms with Crippen molar-refractivity contribution in [2.75, 3.05) is 20.8 Å². The van der Waals surface area contributed by atoms with E-state index in [1.165, 1.54) is 26.4 Å². The third-order valence-corrected chi connectivity index (χ3v) is 5.17. The predicted octanol–water partition coefficient (Wildman–Crippen LogP) is 0.584. The second kappa shape index (κ2) is 8.99. The van der Waals surface area contributed by atoms with Crippen LogP contribution in [0.25, 0.3) is 11.1 Å². The molecule has 30 heavy (non-hydrogen) atoms. The first-order valence-corrected chi connectivity index (χ1v) is 9.22. The van der Waals surface area contributed by atoms with Gasteiger partial charge in [0, 0.05) is 17.2 Å². The summed E-state index contributed by atoms with van der Waals surface area (Å²) < 4.78 is 16.5. The minimum absolute atomic E-state index is 0.0831. The Morgan fingerprint density at radius 1 is 1.00 bits per heavy atom. The lowest BCUT2D eigenvalue weighted by Gasteiger charge is -2.40. The molecular weight excluding hydrogens is 396 g/mol. The number of hydrogen-bond donors (Lipinski definition) is 5. The summed E-state index contributed by atoms with van der Waals surface area (Å²) in [7, 11) is 2.86. The second-order valence-electron chi connectivity index (χ2n) is 6.93. The Kier molecular flexibility index (Phi) is 6.59. The number of carboxylic acid groups (broad SMARTS) is 1. The molecule has 1 saturated heterocycles. The number of hydrogen-bond acceptors (Lipinski definition) is 8. The highest BCUT2D eigenvalue weighted by Gasteiger charge is 2.45.